The molecule has 4 heterocycles. The molecule has 1 aromatic carbocycles. The Hall–Kier alpha value is -3.31. The molecule has 2 amide bonds. The first kappa shape index (κ1) is 29.2. The molecule has 10 nitrogen and oxygen atoms in total. The fourth-order valence-electron chi connectivity index (χ4n) is 5.94. The number of nitrogens with two attached hydrogens (primary N) is 1. The Balaban J connectivity index is 1.62. The lowest BCUT2D eigenvalue weighted by Crippen LogP contribution is -2.58. The maximum atomic E-state index is 15.2. The molecule has 3 aliphatic rings. The zero-order valence-electron chi connectivity index (χ0n) is 24.3. The van der Waals surface area contributed by atoms with E-state index in [1.807, 2.05) is 18.7 Å². The Kier molecular flexibility index (Phi) is 7.48. The van der Waals surface area contributed by atoms with Crippen LogP contribution in [0.3, 0.4) is 0 Å². The quantitative estimate of drug-likeness (QED) is 0.518. The van der Waals surface area contributed by atoms with Crippen LogP contribution in [0.1, 0.15) is 51.4 Å². The highest BCUT2D eigenvalue weighted by molar-refractivity contribution is 6.35. The number of aromatic nitrogens is 1. The molecular formula is C29H37ClFN5O5. The summed E-state index contributed by atoms with van der Waals surface area (Å²) in [7, 11) is 1.65. The van der Waals surface area contributed by atoms with Gasteiger partial charge in [0.2, 0.25) is 0 Å². The van der Waals surface area contributed by atoms with E-state index in [0.29, 0.717) is 25.3 Å². The number of nitrogen functional groups attached to an aromatic ring is 1. The lowest BCUT2D eigenvalue weighted by Gasteiger charge is -2.40. The largest absolute Gasteiger partial charge is 0.489 e. The second kappa shape index (κ2) is 10.5. The highest BCUT2D eigenvalue weighted by atomic mass is 35.5. The SMILES string of the molecule is COC1CCN(c2nc(-c3c(N)cccc3F)c(Cl)c3c2C(=O)N2CCN(C(=O)OC(C)(C)C)C[C@@H]2CO3)C1(C)C. The summed E-state index contributed by atoms with van der Waals surface area (Å²) in [6.07, 6.45) is 0.115. The molecule has 222 valence electrons. The van der Waals surface area contributed by atoms with Crippen molar-refractivity contribution in [3.05, 3.63) is 34.6 Å². The number of halogens is 2. The van der Waals surface area contributed by atoms with Crippen LogP contribution in [-0.4, -0.2) is 90.0 Å². The number of benzene rings is 1. The van der Waals surface area contributed by atoms with Gasteiger partial charge in [-0.1, -0.05) is 17.7 Å². The number of nitrogens with zero attached hydrogens (tertiary/aromatic N) is 4. The minimum Gasteiger partial charge on any atom is -0.489 e. The van der Waals surface area contributed by atoms with Crippen molar-refractivity contribution < 1.29 is 28.2 Å². The van der Waals surface area contributed by atoms with Crippen molar-refractivity contribution >= 4 is 35.1 Å². The highest BCUT2D eigenvalue weighted by Crippen LogP contribution is 2.47. The Morgan fingerprint density at radius 1 is 1.22 bits per heavy atom. The van der Waals surface area contributed by atoms with E-state index in [9.17, 15) is 9.59 Å². The fraction of sp³-hybridized carbons (Fsp3) is 0.552. The number of rotatable bonds is 3. The summed E-state index contributed by atoms with van der Waals surface area (Å²) in [4.78, 5) is 37.2. The number of methoxy groups -OCH3 is 1. The number of fused-ring (bicyclic) bond motifs is 2. The zero-order valence-corrected chi connectivity index (χ0v) is 25.0. The van der Waals surface area contributed by atoms with Crippen LogP contribution < -0.4 is 15.4 Å². The van der Waals surface area contributed by atoms with Crippen LogP contribution >= 0.6 is 11.6 Å². The second-order valence-electron chi connectivity index (χ2n) is 12.2. The van der Waals surface area contributed by atoms with Crippen LogP contribution in [0.15, 0.2) is 18.2 Å². The average molecular weight is 590 g/mol. The van der Waals surface area contributed by atoms with E-state index in [1.54, 1.807) is 43.7 Å². The van der Waals surface area contributed by atoms with Crippen molar-refractivity contribution in [3.63, 3.8) is 0 Å². The maximum Gasteiger partial charge on any atom is 0.410 e. The smallest absolute Gasteiger partial charge is 0.410 e. The van der Waals surface area contributed by atoms with Crippen LogP contribution in [0.4, 0.5) is 20.7 Å². The Morgan fingerprint density at radius 3 is 2.59 bits per heavy atom. The summed E-state index contributed by atoms with van der Waals surface area (Å²) >= 11 is 6.89. The zero-order chi connectivity index (χ0) is 29.9. The van der Waals surface area contributed by atoms with Crippen molar-refractivity contribution in [1.29, 1.82) is 0 Å². The molecule has 0 spiro atoms. The molecule has 12 heteroatoms. The first-order chi connectivity index (χ1) is 19.2. The molecule has 0 radical (unpaired) electrons. The first-order valence-electron chi connectivity index (χ1n) is 13.7. The molecular weight excluding hydrogens is 553 g/mol. The Morgan fingerprint density at radius 2 is 1.95 bits per heavy atom. The average Bonchev–Trinajstić information content (AvgIpc) is 3.11. The maximum absolute atomic E-state index is 15.2. The van der Waals surface area contributed by atoms with Gasteiger partial charge in [-0.15, -0.1) is 0 Å². The molecule has 2 N–H and O–H groups in total. The van der Waals surface area contributed by atoms with Gasteiger partial charge in [-0.25, -0.2) is 14.2 Å². The lowest BCUT2D eigenvalue weighted by atomic mass is 9.97. The number of amides is 2. The van der Waals surface area contributed by atoms with Gasteiger partial charge in [0.05, 0.1) is 23.2 Å². The van der Waals surface area contributed by atoms with Crippen molar-refractivity contribution in [3.8, 4) is 17.0 Å². The molecule has 0 saturated carbocycles. The molecule has 2 atom stereocenters. The normalized spacial score (nSPS) is 22.1. The summed E-state index contributed by atoms with van der Waals surface area (Å²) in [5.74, 6) is -0.465. The number of anilines is 2. The summed E-state index contributed by atoms with van der Waals surface area (Å²) < 4.78 is 32.8. The van der Waals surface area contributed by atoms with E-state index in [2.05, 4.69) is 0 Å². The molecule has 2 fully saturated rings. The molecule has 2 saturated heterocycles. The number of carbonyl (C=O) groups is 2. The van der Waals surface area contributed by atoms with Gasteiger partial charge in [-0.2, -0.15) is 0 Å². The van der Waals surface area contributed by atoms with Crippen molar-refractivity contribution in [2.75, 3.05) is 50.5 Å². The Bertz CT molecular complexity index is 1360. The van der Waals surface area contributed by atoms with Gasteiger partial charge < -0.3 is 34.6 Å². The monoisotopic (exact) mass is 589 g/mol. The van der Waals surface area contributed by atoms with Crippen molar-refractivity contribution in [2.45, 2.75) is 64.3 Å². The van der Waals surface area contributed by atoms with E-state index in [4.69, 9.17) is 36.5 Å². The lowest BCUT2D eigenvalue weighted by molar-refractivity contribution is 0.000951. The third kappa shape index (κ3) is 5.14. The number of ether oxygens (including phenoxy) is 3. The summed E-state index contributed by atoms with van der Waals surface area (Å²) in [5.41, 5.74) is 5.49. The summed E-state index contributed by atoms with van der Waals surface area (Å²) in [5, 5.41) is -0.00181. The molecule has 0 bridgehead atoms. The molecule has 0 aliphatic carbocycles. The standard InChI is InChI=1S/C29H37ClFN5O5/c1-28(2,3)41-27(38)34-12-13-35-16(14-34)15-40-24-21(26(35)37)25(36-11-10-19(39-6)29(36,4)5)33-23(22(24)30)20-17(31)8-7-9-18(20)32/h7-9,16,19H,10-15,32H2,1-6H3/t16-,19?/m1/s1. The number of carbonyl (C=O) groups excluding carboxylic acids is 2. The van der Waals surface area contributed by atoms with E-state index in [1.165, 1.54) is 12.1 Å². The number of piperazine rings is 1. The van der Waals surface area contributed by atoms with Crippen LogP contribution in [-0.2, 0) is 9.47 Å². The molecule has 3 aliphatic heterocycles. The third-order valence-corrected chi connectivity index (χ3v) is 8.38. The van der Waals surface area contributed by atoms with Crippen LogP contribution in [0, 0.1) is 5.82 Å². The van der Waals surface area contributed by atoms with E-state index < -0.39 is 29.1 Å². The van der Waals surface area contributed by atoms with Gasteiger partial charge in [-0.05, 0) is 53.2 Å². The van der Waals surface area contributed by atoms with Crippen LogP contribution in [0.5, 0.6) is 5.75 Å². The predicted octanol–water partition coefficient (Wildman–Crippen LogP) is 4.58. The van der Waals surface area contributed by atoms with E-state index in [-0.39, 0.29) is 65.0 Å². The van der Waals surface area contributed by atoms with Crippen LogP contribution in [0.2, 0.25) is 5.02 Å². The van der Waals surface area contributed by atoms with Crippen molar-refractivity contribution in [1.82, 2.24) is 14.8 Å². The minimum atomic E-state index is -0.651. The topological polar surface area (TPSA) is 110 Å². The molecule has 1 aromatic heterocycles. The van der Waals surface area contributed by atoms with E-state index >= 15 is 4.39 Å². The first-order valence-corrected chi connectivity index (χ1v) is 14.1. The molecule has 2 aromatic rings. The number of hydrogen-bond donors (Lipinski definition) is 1. The number of pyridine rings is 1. The second-order valence-corrected chi connectivity index (χ2v) is 12.6. The van der Waals surface area contributed by atoms with Gasteiger partial charge in [0.25, 0.3) is 5.91 Å². The van der Waals surface area contributed by atoms with Gasteiger partial charge in [0.15, 0.2) is 5.75 Å². The van der Waals surface area contributed by atoms with Crippen molar-refractivity contribution in [2.24, 2.45) is 0 Å². The fourth-order valence-corrected chi connectivity index (χ4v) is 6.22. The van der Waals surface area contributed by atoms with E-state index in [0.717, 1.165) is 0 Å². The molecule has 41 heavy (non-hydrogen) atoms. The predicted molar refractivity (Wildman–Crippen MR) is 154 cm³/mol. The van der Waals surface area contributed by atoms with Gasteiger partial charge in [-0.3, -0.25) is 4.79 Å². The van der Waals surface area contributed by atoms with Gasteiger partial charge in [0.1, 0.15) is 40.1 Å². The Labute approximate surface area is 244 Å². The molecule has 1 unspecified atom stereocenters. The number of hydrogen-bond acceptors (Lipinski definition) is 8. The summed E-state index contributed by atoms with van der Waals surface area (Å²) in [6.45, 7) is 10.9. The van der Waals surface area contributed by atoms with Gasteiger partial charge >= 0.3 is 6.09 Å². The summed E-state index contributed by atoms with van der Waals surface area (Å²) in [6, 6.07) is 3.90. The highest BCUT2D eigenvalue weighted by Gasteiger charge is 2.47. The van der Waals surface area contributed by atoms with Crippen LogP contribution in [0.25, 0.3) is 11.3 Å². The third-order valence-electron chi connectivity index (χ3n) is 8.03. The minimum absolute atomic E-state index is 0.00181. The molecule has 5 rings (SSSR count). The van der Waals surface area contributed by atoms with Gasteiger partial charge in [0, 0.05) is 39.0 Å².